The Morgan fingerprint density at radius 3 is 1.83 bits per heavy atom. The van der Waals surface area contributed by atoms with Crippen molar-refractivity contribution in [1.29, 1.82) is 0 Å². The second kappa shape index (κ2) is 7.87. The van der Waals surface area contributed by atoms with Crippen LogP contribution in [0.4, 0.5) is 4.79 Å². The average Bonchev–Trinajstić information content (AvgIpc) is 2.30. The van der Waals surface area contributed by atoms with Crippen molar-refractivity contribution in [1.82, 2.24) is 5.32 Å². The van der Waals surface area contributed by atoms with E-state index in [4.69, 9.17) is 9.16 Å². The number of rotatable bonds is 6. The molecule has 24 heavy (non-hydrogen) atoms. The molecule has 6 nitrogen and oxygen atoms in total. The summed E-state index contributed by atoms with van der Waals surface area (Å²) in [6.07, 6.45) is -1.20. The van der Waals surface area contributed by atoms with Crippen LogP contribution in [0.5, 0.6) is 0 Å². The van der Waals surface area contributed by atoms with Crippen molar-refractivity contribution in [3.05, 3.63) is 0 Å². The molecule has 0 fully saturated rings. The van der Waals surface area contributed by atoms with Crippen LogP contribution in [0.25, 0.3) is 0 Å². The van der Waals surface area contributed by atoms with E-state index in [0.29, 0.717) is 0 Å². The van der Waals surface area contributed by atoms with Gasteiger partial charge in [-0.2, -0.15) is 0 Å². The van der Waals surface area contributed by atoms with E-state index in [1.54, 1.807) is 34.6 Å². The van der Waals surface area contributed by atoms with Gasteiger partial charge in [-0.1, -0.05) is 20.8 Å². The largest absolute Gasteiger partial charge is 0.481 e. The summed E-state index contributed by atoms with van der Waals surface area (Å²) in [5.74, 6) is -1.69. The number of amides is 1. The van der Waals surface area contributed by atoms with Crippen molar-refractivity contribution in [3.8, 4) is 0 Å². The van der Waals surface area contributed by atoms with Gasteiger partial charge < -0.3 is 19.6 Å². The number of alkyl carbamates (subject to hydrolysis) is 1. The standard InChI is InChI=1S/C17H35NO5Si/c1-11(14(19)20)13(23-24(9,10)17(6,7)8)12(2)18-15(21)22-16(3,4)5/h11-13H,1-10H3,(H,18,21)(H,19,20)/t11-,12+,13?/m0/s1. The number of carboxylic acid groups (broad SMARTS) is 1. The van der Waals surface area contributed by atoms with Crippen molar-refractivity contribution in [2.75, 3.05) is 0 Å². The Labute approximate surface area is 147 Å². The van der Waals surface area contributed by atoms with Gasteiger partial charge in [0.2, 0.25) is 0 Å². The number of nitrogens with one attached hydrogen (secondary N) is 1. The Morgan fingerprint density at radius 1 is 1.04 bits per heavy atom. The summed E-state index contributed by atoms with van der Waals surface area (Å²) in [6.45, 7) is 19.1. The van der Waals surface area contributed by atoms with Gasteiger partial charge in [0.1, 0.15) is 5.60 Å². The number of ether oxygens (including phenoxy) is 1. The molecule has 142 valence electrons. The minimum absolute atomic E-state index is 0.0604. The minimum Gasteiger partial charge on any atom is -0.481 e. The molecule has 0 aliphatic heterocycles. The molecular weight excluding hydrogens is 326 g/mol. The molecule has 0 aromatic heterocycles. The van der Waals surface area contributed by atoms with Gasteiger partial charge in [0, 0.05) is 0 Å². The molecule has 0 aliphatic carbocycles. The molecule has 0 saturated carbocycles. The number of carboxylic acids is 1. The molecule has 3 atom stereocenters. The first-order valence-electron chi connectivity index (χ1n) is 8.38. The SMILES string of the molecule is C[C@H](C(=O)O)C(O[Si](C)(C)C(C)(C)C)[C@@H](C)NC(=O)OC(C)(C)C. The zero-order valence-corrected chi connectivity index (χ0v) is 17.8. The second-order valence-electron chi connectivity index (χ2n) is 8.90. The molecule has 0 aliphatic rings. The quantitative estimate of drug-likeness (QED) is 0.698. The van der Waals surface area contributed by atoms with Gasteiger partial charge in [0.15, 0.2) is 8.32 Å². The van der Waals surface area contributed by atoms with Gasteiger partial charge in [0.05, 0.1) is 18.1 Å². The summed E-state index contributed by atoms with van der Waals surface area (Å²) in [7, 11) is -2.19. The van der Waals surface area contributed by atoms with Crippen LogP contribution in [0.15, 0.2) is 0 Å². The lowest BCUT2D eigenvalue weighted by Crippen LogP contribution is -2.54. The Kier molecular flexibility index (Phi) is 7.51. The lowest BCUT2D eigenvalue weighted by atomic mass is 9.99. The fraction of sp³-hybridized carbons (Fsp3) is 0.882. The fourth-order valence-corrected chi connectivity index (χ4v) is 3.31. The highest BCUT2D eigenvalue weighted by Crippen LogP contribution is 2.38. The third-order valence-electron chi connectivity index (χ3n) is 4.36. The van der Waals surface area contributed by atoms with Crippen LogP contribution >= 0.6 is 0 Å². The van der Waals surface area contributed by atoms with E-state index in [9.17, 15) is 14.7 Å². The van der Waals surface area contributed by atoms with E-state index in [1.165, 1.54) is 0 Å². The predicted molar refractivity (Wildman–Crippen MR) is 97.7 cm³/mol. The lowest BCUT2D eigenvalue weighted by Gasteiger charge is -2.42. The monoisotopic (exact) mass is 361 g/mol. The topological polar surface area (TPSA) is 84.9 Å². The zero-order chi connectivity index (χ0) is 19.5. The average molecular weight is 362 g/mol. The molecule has 0 bridgehead atoms. The summed E-state index contributed by atoms with van der Waals surface area (Å²) >= 11 is 0. The summed E-state index contributed by atoms with van der Waals surface area (Å²) in [6, 6.07) is -0.486. The molecule has 2 N–H and O–H groups in total. The lowest BCUT2D eigenvalue weighted by molar-refractivity contribution is -0.145. The molecule has 0 aromatic carbocycles. The molecule has 1 unspecified atom stereocenters. The smallest absolute Gasteiger partial charge is 0.407 e. The third kappa shape index (κ3) is 7.21. The van der Waals surface area contributed by atoms with Crippen molar-refractivity contribution in [2.24, 2.45) is 5.92 Å². The highest BCUT2D eigenvalue weighted by Gasteiger charge is 2.43. The minimum atomic E-state index is -2.19. The van der Waals surface area contributed by atoms with Crippen LogP contribution in [0.2, 0.25) is 18.1 Å². The molecule has 1 amide bonds. The molecule has 0 rings (SSSR count). The molecular formula is C17H35NO5Si. The summed E-state index contributed by atoms with van der Waals surface area (Å²) in [5, 5.41) is 12.1. The van der Waals surface area contributed by atoms with Crippen LogP contribution in [-0.4, -0.2) is 43.2 Å². The molecule has 0 heterocycles. The van der Waals surface area contributed by atoms with Gasteiger partial charge in [0.25, 0.3) is 0 Å². The Morgan fingerprint density at radius 2 is 1.50 bits per heavy atom. The van der Waals surface area contributed by atoms with Gasteiger partial charge in [-0.05, 0) is 52.8 Å². The first-order valence-corrected chi connectivity index (χ1v) is 11.3. The maximum absolute atomic E-state index is 12.0. The highest BCUT2D eigenvalue weighted by molar-refractivity contribution is 6.74. The van der Waals surface area contributed by atoms with E-state index in [-0.39, 0.29) is 5.04 Å². The zero-order valence-electron chi connectivity index (χ0n) is 16.8. The summed E-state index contributed by atoms with van der Waals surface area (Å²) in [4.78, 5) is 23.5. The number of hydrogen-bond acceptors (Lipinski definition) is 4. The number of carbonyl (C=O) groups is 2. The van der Waals surface area contributed by atoms with E-state index in [0.717, 1.165) is 0 Å². The normalized spacial score (nSPS) is 16.9. The molecule has 0 radical (unpaired) electrons. The first kappa shape index (κ1) is 22.9. The highest BCUT2D eigenvalue weighted by atomic mass is 28.4. The van der Waals surface area contributed by atoms with Gasteiger partial charge >= 0.3 is 12.1 Å². The van der Waals surface area contributed by atoms with E-state index in [1.807, 2.05) is 0 Å². The molecule has 0 spiro atoms. The number of carbonyl (C=O) groups excluding carboxylic acids is 1. The van der Waals surface area contributed by atoms with E-state index >= 15 is 0 Å². The van der Waals surface area contributed by atoms with Crippen LogP contribution in [0.1, 0.15) is 55.4 Å². The maximum Gasteiger partial charge on any atom is 0.407 e. The summed E-state index contributed by atoms with van der Waals surface area (Å²) < 4.78 is 11.6. The molecule has 0 aromatic rings. The summed E-state index contributed by atoms with van der Waals surface area (Å²) in [5.41, 5.74) is -0.613. The maximum atomic E-state index is 12.0. The Balaban J connectivity index is 5.29. The van der Waals surface area contributed by atoms with Gasteiger partial charge in [-0.15, -0.1) is 0 Å². The van der Waals surface area contributed by atoms with Crippen LogP contribution < -0.4 is 5.32 Å². The van der Waals surface area contributed by atoms with Crippen LogP contribution in [0, 0.1) is 5.92 Å². The number of aliphatic carboxylic acids is 1. The van der Waals surface area contributed by atoms with Crippen molar-refractivity contribution in [3.63, 3.8) is 0 Å². The predicted octanol–water partition coefficient (Wildman–Crippen LogP) is 4.01. The Bertz CT molecular complexity index is 451. The van der Waals surface area contributed by atoms with Crippen LogP contribution in [-0.2, 0) is 14.0 Å². The third-order valence-corrected chi connectivity index (χ3v) is 8.83. The molecule has 7 heteroatoms. The van der Waals surface area contributed by atoms with Crippen molar-refractivity contribution in [2.45, 2.75) is 91.3 Å². The second-order valence-corrected chi connectivity index (χ2v) is 13.7. The van der Waals surface area contributed by atoms with Gasteiger partial charge in [-0.25, -0.2) is 4.79 Å². The van der Waals surface area contributed by atoms with Crippen molar-refractivity contribution < 1.29 is 23.9 Å². The van der Waals surface area contributed by atoms with E-state index < -0.39 is 44.0 Å². The van der Waals surface area contributed by atoms with Crippen molar-refractivity contribution >= 4 is 20.4 Å². The first-order chi connectivity index (χ1) is 10.5. The number of hydrogen-bond donors (Lipinski definition) is 2. The van der Waals surface area contributed by atoms with E-state index in [2.05, 4.69) is 39.2 Å². The Hall–Kier alpha value is -1.08. The molecule has 0 saturated heterocycles. The fourth-order valence-electron chi connectivity index (χ4n) is 1.87. The van der Waals surface area contributed by atoms with Crippen LogP contribution in [0.3, 0.4) is 0 Å². The van der Waals surface area contributed by atoms with Gasteiger partial charge in [-0.3, -0.25) is 4.79 Å².